The molecule has 4 atom stereocenters. The van der Waals surface area contributed by atoms with Gasteiger partial charge in [-0.15, -0.1) is 0 Å². The Bertz CT molecular complexity index is 876. The van der Waals surface area contributed by atoms with Crippen LogP contribution in [0.2, 0.25) is 0 Å². The molecule has 4 fully saturated rings. The van der Waals surface area contributed by atoms with Crippen molar-refractivity contribution in [3.8, 4) is 0 Å². The first-order valence-corrected chi connectivity index (χ1v) is 11.4. The first kappa shape index (κ1) is 20.2. The molecule has 2 aromatic carbocycles. The van der Waals surface area contributed by atoms with Gasteiger partial charge in [-0.25, -0.2) is 0 Å². The predicted molar refractivity (Wildman–Crippen MR) is 120 cm³/mol. The van der Waals surface area contributed by atoms with Crippen LogP contribution in [0.1, 0.15) is 15.9 Å². The van der Waals surface area contributed by atoms with Crippen molar-refractivity contribution in [3.63, 3.8) is 0 Å². The van der Waals surface area contributed by atoms with E-state index in [9.17, 15) is 4.79 Å². The van der Waals surface area contributed by atoms with Crippen molar-refractivity contribution < 1.29 is 23.7 Å². The summed E-state index contributed by atoms with van der Waals surface area (Å²) in [6.45, 7) is 6.22. The van der Waals surface area contributed by atoms with E-state index in [-0.39, 0.29) is 30.2 Å². The van der Waals surface area contributed by atoms with Crippen molar-refractivity contribution in [2.75, 3.05) is 62.4 Å². The van der Waals surface area contributed by atoms with Gasteiger partial charge in [0.05, 0.1) is 50.8 Å². The minimum Gasteiger partial charge on any atom is -0.371 e. The quantitative estimate of drug-likeness (QED) is 0.373. The Morgan fingerprint density at radius 3 is 1.25 bits per heavy atom. The SMILES string of the molecule is O=C(c1ccccc1N(CC1CO1)CC1CO1)c1ccccc1N(CC1CO1)CC1CO1. The molecule has 4 saturated heterocycles. The summed E-state index contributed by atoms with van der Waals surface area (Å²) in [6, 6.07) is 15.8. The molecule has 4 aliphatic heterocycles. The standard InChI is InChI=1S/C25H28N2O5/c28-25(21-5-1-3-7-23(21)26(9-17-13-29-17)10-18-14-30-18)22-6-2-4-8-24(22)27(11-19-15-31-19)12-20-16-32-20/h1-8,17-20H,9-16H2. The molecule has 4 unspecified atom stereocenters. The van der Waals surface area contributed by atoms with E-state index in [1.54, 1.807) is 0 Å². The minimum atomic E-state index is 0.0352. The third-order valence-electron chi connectivity index (χ3n) is 6.28. The highest BCUT2D eigenvalue weighted by Gasteiger charge is 2.34. The van der Waals surface area contributed by atoms with E-state index in [2.05, 4.69) is 9.80 Å². The summed E-state index contributed by atoms with van der Waals surface area (Å²) in [5.41, 5.74) is 3.32. The number of rotatable bonds is 12. The van der Waals surface area contributed by atoms with Gasteiger partial charge in [0, 0.05) is 48.7 Å². The number of ether oxygens (including phenoxy) is 4. The fourth-order valence-corrected chi connectivity index (χ4v) is 4.25. The van der Waals surface area contributed by atoms with Crippen LogP contribution in [0.5, 0.6) is 0 Å². The molecule has 0 saturated carbocycles. The molecule has 0 radical (unpaired) electrons. The third kappa shape index (κ3) is 4.81. The second-order valence-corrected chi connectivity index (χ2v) is 8.99. The Morgan fingerprint density at radius 1 is 0.625 bits per heavy atom. The number of anilines is 2. The first-order chi connectivity index (χ1) is 15.7. The van der Waals surface area contributed by atoms with Gasteiger partial charge in [-0.1, -0.05) is 24.3 Å². The monoisotopic (exact) mass is 436 g/mol. The van der Waals surface area contributed by atoms with Gasteiger partial charge >= 0.3 is 0 Å². The number of para-hydroxylation sites is 2. The van der Waals surface area contributed by atoms with Crippen LogP contribution >= 0.6 is 0 Å². The lowest BCUT2D eigenvalue weighted by Crippen LogP contribution is -2.34. The first-order valence-electron chi connectivity index (χ1n) is 11.4. The molecule has 0 spiro atoms. The molecule has 7 heteroatoms. The van der Waals surface area contributed by atoms with Crippen molar-refractivity contribution in [2.24, 2.45) is 0 Å². The number of ketones is 1. The zero-order valence-corrected chi connectivity index (χ0v) is 18.0. The van der Waals surface area contributed by atoms with Gasteiger partial charge in [-0.3, -0.25) is 4.79 Å². The number of epoxide rings is 4. The summed E-state index contributed by atoms with van der Waals surface area (Å²) in [7, 11) is 0. The van der Waals surface area contributed by atoms with E-state index >= 15 is 0 Å². The number of nitrogens with zero attached hydrogens (tertiary/aromatic N) is 2. The van der Waals surface area contributed by atoms with Crippen LogP contribution in [0.25, 0.3) is 0 Å². The molecule has 4 heterocycles. The molecular weight excluding hydrogens is 408 g/mol. The zero-order valence-electron chi connectivity index (χ0n) is 18.0. The molecule has 2 aromatic rings. The topological polar surface area (TPSA) is 73.7 Å². The lowest BCUT2D eigenvalue weighted by atomic mass is 9.98. The number of benzene rings is 2. The Hall–Kier alpha value is -2.45. The van der Waals surface area contributed by atoms with E-state index in [4.69, 9.17) is 18.9 Å². The van der Waals surface area contributed by atoms with E-state index in [0.717, 1.165) is 64.0 Å². The highest BCUT2D eigenvalue weighted by Crippen LogP contribution is 2.32. The Kier molecular flexibility index (Phi) is 5.35. The smallest absolute Gasteiger partial charge is 0.197 e. The minimum absolute atomic E-state index is 0.0352. The number of carbonyl (C=O) groups excluding carboxylic acids is 1. The molecular formula is C25H28N2O5. The summed E-state index contributed by atoms with van der Waals surface area (Å²) in [5.74, 6) is 0.0352. The average Bonchev–Trinajstić information content (AvgIpc) is 3.63. The maximum Gasteiger partial charge on any atom is 0.197 e. The van der Waals surface area contributed by atoms with Crippen LogP contribution < -0.4 is 9.80 Å². The summed E-state index contributed by atoms with van der Waals surface area (Å²) < 4.78 is 21.9. The lowest BCUT2D eigenvalue weighted by Gasteiger charge is -2.28. The third-order valence-corrected chi connectivity index (χ3v) is 6.28. The van der Waals surface area contributed by atoms with E-state index < -0.39 is 0 Å². The number of hydrogen-bond donors (Lipinski definition) is 0. The van der Waals surface area contributed by atoms with E-state index in [0.29, 0.717) is 11.1 Å². The van der Waals surface area contributed by atoms with Crippen molar-refractivity contribution in [1.82, 2.24) is 0 Å². The highest BCUT2D eigenvalue weighted by molar-refractivity contribution is 6.15. The number of hydrogen-bond acceptors (Lipinski definition) is 7. The van der Waals surface area contributed by atoms with Gasteiger partial charge < -0.3 is 28.7 Å². The maximum absolute atomic E-state index is 13.9. The van der Waals surface area contributed by atoms with Crippen molar-refractivity contribution >= 4 is 17.2 Å². The fraction of sp³-hybridized carbons (Fsp3) is 0.480. The van der Waals surface area contributed by atoms with Crippen LogP contribution in [0.15, 0.2) is 48.5 Å². The van der Waals surface area contributed by atoms with Gasteiger partial charge in [0.25, 0.3) is 0 Å². The van der Waals surface area contributed by atoms with E-state index in [1.807, 2.05) is 48.5 Å². The molecule has 0 bridgehead atoms. The summed E-state index contributed by atoms with van der Waals surface area (Å²) >= 11 is 0. The van der Waals surface area contributed by atoms with Gasteiger partial charge in [-0.2, -0.15) is 0 Å². The summed E-state index contributed by atoms with van der Waals surface area (Å²) in [5, 5.41) is 0. The van der Waals surface area contributed by atoms with Gasteiger partial charge in [0.1, 0.15) is 0 Å². The molecule has 168 valence electrons. The van der Waals surface area contributed by atoms with Crippen molar-refractivity contribution in [3.05, 3.63) is 59.7 Å². The molecule has 6 rings (SSSR count). The molecule has 32 heavy (non-hydrogen) atoms. The molecule has 0 aliphatic carbocycles. The van der Waals surface area contributed by atoms with Crippen molar-refractivity contribution in [1.29, 1.82) is 0 Å². The van der Waals surface area contributed by atoms with Crippen LogP contribution in [-0.4, -0.2) is 82.8 Å². The molecule has 0 N–H and O–H groups in total. The molecule has 7 nitrogen and oxygen atoms in total. The van der Waals surface area contributed by atoms with Crippen LogP contribution in [-0.2, 0) is 18.9 Å². The molecule has 0 amide bonds. The van der Waals surface area contributed by atoms with Gasteiger partial charge in [-0.05, 0) is 24.3 Å². The Balaban J connectivity index is 1.32. The lowest BCUT2D eigenvalue weighted by molar-refractivity contribution is 0.103. The zero-order chi connectivity index (χ0) is 21.5. The van der Waals surface area contributed by atoms with Crippen LogP contribution in [0.3, 0.4) is 0 Å². The average molecular weight is 437 g/mol. The molecule has 4 aliphatic rings. The summed E-state index contributed by atoms with van der Waals surface area (Å²) in [4.78, 5) is 18.4. The van der Waals surface area contributed by atoms with Crippen molar-refractivity contribution in [2.45, 2.75) is 24.4 Å². The number of carbonyl (C=O) groups is 1. The van der Waals surface area contributed by atoms with Gasteiger partial charge in [0.2, 0.25) is 0 Å². The maximum atomic E-state index is 13.9. The normalized spacial score (nSPS) is 27.0. The molecule has 0 aromatic heterocycles. The largest absolute Gasteiger partial charge is 0.371 e. The fourth-order valence-electron chi connectivity index (χ4n) is 4.25. The predicted octanol–water partition coefficient (Wildman–Crippen LogP) is 2.13. The van der Waals surface area contributed by atoms with Crippen LogP contribution in [0, 0.1) is 0 Å². The Morgan fingerprint density at radius 2 is 0.938 bits per heavy atom. The second-order valence-electron chi connectivity index (χ2n) is 8.99. The van der Waals surface area contributed by atoms with E-state index in [1.165, 1.54) is 0 Å². The Labute approximate surface area is 187 Å². The van der Waals surface area contributed by atoms with Gasteiger partial charge in [0.15, 0.2) is 5.78 Å². The summed E-state index contributed by atoms with van der Waals surface area (Å²) in [6.07, 6.45) is 0.932. The highest BCUT2D eigenvalue weighted by atomic mass is 16.6. The second kappa shape index (κ2) is 8.48. The van der Waals surface area contributed by atoms with Crippen LogP contribution in [0.4, 0.5) is 11.4 Å².